The lowest BCUT2D eigenvalue weighted by Gasteiger charge is -2.28. The number of carbonyl (C=O) groups is 2. The molecular formula is C10H16N2O4S. The van der Waals surface area contributed by atoms with E-state index in [9.17, 15) is 18.0 Å². The summed E-state index contributed by atoms with van der Waals surface area (Å²) in [6.45, 7) is 6.08. The fourth-order valence-corrected chi connectivity index (χ4v) is 3.01. The molecule has 0 spiro atoms. The van der Waals surface area contributed by atoms with Gasteiger partial charge in [-0.1, -0.05) is 6.08 Å². The minimum Gasteiger partial charge on any atom is -0.342 e. The van der Waals surface area contributed by atoms with Crippen LogP contribution in [0.25, 0.3) is 0 Å². The average Bonchev–Trinajstić information content (AvgIpc) is 2.22. The Morgan fingerprint density at radius 1 is 1.65 bits per heavy atom. The molecule has 0 aliphatic carbocycles. The maximum absolute atomic E-state index is 12.0. The molecule has 0 saturated carbocycles. The molecule has 0 aromatic rings. The minimum absolute atomic E-state index is 0.328. The van der Waals surface area contributed by atoms with E-state index in [0.29, 0.717) is 13.1 Å². The summed E-state index contributed by atoms with van der Waals surface area (Å²) in [6, 6.07) is -0.971. The standard InChI is InChI=1S/C10H16N2O4S/c1-3-5-12(4-2)10(14)8-6-17(15,16)7-9(13)11-8/h3,8H,1,4-7H2,2H3,(H,11,13)/t8-/m0/s1. The van der Waals surface area contributed by atoms with Gasteiger partial charge in [0.25, 0.3) is 0 Å². The molecule has 1 rings (SSSR count). The highest BCUT2D eigenvalue weighted by molar-refractivity contribution is 7.92. The maximum atomic E-state index is 12.0. The van der Waals surface area contributed by atoms with Gasteiger partial charge in [0.1, 0.15) is 11.8 Å². The SMILES string of the molecule is C=CCN(CC)C(=O)[C@@H]1CS(=O)(=O)CC(=O)N1. The number of hydrogen-bond donors (Lipinski definition) is 1. The van der Waals surface area contributed by atoms with Gasteiger partial charge in [0, 0.05) is 13.1 Å². The van der Waals surface area contributed by atoms with Gasteiger partial charge in [-0.25, -0.2) is 8.42 Å². The third-order valence-corrected chi connectivity index (χ3v) is 3.99. The second kappa shape index (κ2) is 5.31. The first-order valence-corrected chi connectivity index (χ1v) is 7.11. The third kappa shape index (κ3) is 3.55. The summed E-state index contributed by atoms with van der Waals surface area (Å²) >= 11 is 0. The second-order valence-electron chi connectivity index (χ2n) is 3.84. The smallest absolute Gasteiger partial charge is 0.246 e. The molecule has 1 heterocycles. The van der Waals surface area contributed by atoms with Crippen LogP contribution in [0.1, 0.15) is 6.92 Å². The van der Waals surface area contributed by atoms with Gasteiger partial charge in [-0.15, -0.1) is 6.58 Å². The van der Waals surface area contributed by atoms with Crippen LogP contribution < -0.4 is 5.32 Å². The Labute approximate surface area is 101 Å². The van der Waals surface area contributed by atoms with E-state index < -0.39 is 27.5 Å². The lowest BCUT2D eigenvalue weighted by molar-refractivity contribution is -0.135. The van der Waals surface area contributed by atoms with Crippen LogP contribution in [-0.2, 0) is 19.4 Å². The van der Waals surface area contributed by atoms with Gasteiger partial charge in [0.05, 0.1) is 5.75 Å². The molecule has 1 N–H and O–H groups in total. The van der Waals surface area contributed by atoms with E-state index >= 15 is 0 Å². The molecule has 0 radical (unpaired) electrons. The van der Waals surface area contributed by atoms with Gasteiger partial charge < -0.3 is 10.2 Å². The summed E-state index contributed by atoms with van der Waals surface area (Å²) in [4.78, 5) is 24.6. The van der Waals surface area contributed by atoms with Crippen molar-refractivity contribution in [3.05, 3.63) is 12.7 Å². The molecule has 1 atom stereocenters. The molecule has 0 aromatic heterocycles. The Morgan fingerprint density at radius 2 is 2.29 bits per heavy atom. The van der Waals surface area contributed by atoms with Crippen molar-refractivity contribution in [1.82, 2.24) is 10.2 Å². The fourth-order valence-electron chi connectivity index (χ4n) is 1.67. The number of sulfone groups is 1. The van der Waals surface area contributed by atoms with Gasteiger partial charge in [-0.2, -0.15) is 0 Å². The fraction of sp³-hybridized carbons (Fsp3) is 0.600. The van der Waals surface area contributed by atoms with Crippen molar-refractivity contribution in [3.63, 3.8) is 0 Å². The predicted molar refractivity (Wildman–Crippen MR) is 63.0 cm³/mol. The van der Waals surface area contributed by atoms with E-state index in [2.05, 4.69) is 11.9 Å². The number of likely N-dealkylation sites (N-methyl/N-ethyl adjacent to an activating group) is 1. The number of nitrogens with one attached hydrogen (secondary N) is 1. The topological polar surface area (TPSA) is 83.6 Å². The molecule has 2 amide bonds. The van der Waals surface area contributed by atoms with Crippen molar-refractivity contribution in [2.45, 2.75) is 13.0 Å². The molecule has 7 heteroatoms. The number of hydrogen-bond acceptors (Lipinski definition) is 4. The largest absolute Gasteiger partial charge is 0.342 e. The zero-order chi connectivity index (χ0) is 13.1. The van der Waals surface area contributed by atoms with Crippen LogP contribution in [0.4, 0.5) is 0 Å². The number of amides is 2. The van der Waals surface area contributed by atoms with Crippen molar-refractivity contribution in [2.75, 3.05) is 24.6 Å². The molecule has 1 saturated heterocycles. The third-order valence-electron chi connectivity index (χ3n) is 2.45. The first kappa shape index (κ1) is 13.7. The first-order chi connectivity index (χ1) is 7.89. The van der Waals surface area contributed by atoms with Crippen LogP contribution in [0.3, 0.4) is 0 Å². The van der Waals surface area contributed by atoms with Crippen LogP contribution in [0.2, 0.25) is 0 Å². The molecule has 1 aliphatic rings. The highest BCUT2D eigenvalue weighted by Crippen LogP contribution is 2.06. The van der Waals surface area contributed by atoms with Crippen molar-refractivity contribution >= 4 is 21.7 Å². The van der Waals surface area contributed by atoms with Crippen LogP contribution in [0.15, 0.2) is 12.7 Å². The minimum atomic E-state index is -3.47. The molecule has 0 aromatic carbocycles. The summed E-state index contributed by atoms with van der Waals surface area (Å²) in [6.07, 6.45) is 1.56. The van der Waals surface area contributed by atoms with Gasteiger partial charge in [-0.05, 0) is 6.92 Å². The molecule has 0 unspecified atom stereocenters. The predicted octanol–water partition coefficient (Wildman–Crippen LogP) is -1.07. The Hall–Kier alpha value is -1.37. The van der Waals surface area contributed by atoms with Gasteiger partial charge in [0.15, 0.2) is 9.84 Å². The summed E-state index contributed by atoms with van der Waals surface area (Å²) in [7, 11) is -3.47. The van der Waals surface area contributed by atoms with Crippen LogP contribution in [0, 0.1) is 0 Å². The summed E-state index contributed by atoms with van der Waals surface area (Å²) in [5.41, 5.74) is 0. The number of rotatable bonds is 4. The molecule has 17 heavy (non-hydrogen) atoms. The van der Waals surface area contributed by atoms with E-state index in [-0.39, 0.29) is 11.7 Å². The maximum Gasteiger partial charge on any atom is 0.246 e. The molecule has 1 aliphatic heterocycles. The highest BCUT2D eigenvalue weighted by Gasteiger charge is 2.35. The Morgan fingerprint density at radius 3 is 2.76 bits per heavy atom. The lowest BCUT2D eigenvalue weighted by atomic mass is 10.2. The van der Waals surface area contributed by atoms with Crippen molar-refractivity contribution < 1.29 is 18.0 Å². The lowest BCUT2D eigenvalue weighted by Crippen LogP contribution is -2.56. The molecule has 96 valence electrons. The average molecular weight is 260 g/mol. The van der Waals surface area contributed by atoms with Gasteiger partial charge in [0.2, 0.25) is 11.8 Å². The molecule has 0 bridgehead atoms. The van der Waals surface area contributed by atoms with Crippen molar-refractivity contribution in [1.29, 1.82) is 0 Å². The zero-order valence-corrected chi connectivity index (χ0v) is 10.5. The zero-order valence-electron chi connectivity index (χ0n) is 9.68. The Kier molecular flexibility index (Phi) is 4.28. The van der Waals surface area contributed by atoms with E-state index in [1.165, 1.54) is 4.90 Å². The monoisotopic (exact) mass is 260 g/mol. The Balaban J connectivity index is 2.81. The normalized spacial score (nSPS) is 22.6. The van der Waals surface area contributed by atoms with E-state index in [4.69, 9.17) is 0 Å². The van der Waals surface area contributed by atoms with Crippen molar-refractivity contribution in [2.24, 2.45) is 0 Å². The summed E-state index contributed by atoms with van der Waals surface area (Å²) < 4.78 is 22.8. The van der Waals surface area contributed by atoms with Gasteiger partial charge in [-0.3, -0.25) is 9.59 Å². The van der Waals surface area contributed by atoms with Gasteiger partial charge >= 0.3 is 0 Å². The van der Waals surface area contributed by atoms with Crippen LogP contribution in [0.5, 0.6) is 0 Å². The Bertz CT molecular complexity index is 430. The summed E-state index contributed by atoms with van der Waals surface area (Å²) in [5, 5.41) is 2.40. The van der Waals surface area contributed by atoms with Crippen molar-refractivity contribution in [3.8, 4) is 0 Å². The van der Waals surface area contributed by atoms with E-state index in [1.807, 2.05) is 0 Å². The molecule has 6 nitrogen and oxygen atoms in total. The van der Waals surface area contributed by atoms with E-state index in [0.717, 1.165) is 0 Å². The highest BCUT2D eigenvalue weighted by atomic mass is 32.2. The second-order valence-corrected chi connectivity index (χ2v) is 5.95. The summed E-state index contributed by atoms with van der Waals surface area (Å²) in [5.74, 6) is -1.87. The van der Waals surface area contributed by atoms with Crippen LogP contribution >= 0.6 is 0 Å². The van der Waals surface area contributed by atoms with E-state index in [1.54, 1.807) is 13.0 Å². The number of nitrogens with zero attached hydrogens (tertiary/aromatic N) is 1. The quantitative estimate of drug-likeness (QED) is 0.653. The number of carbonyl (C=O) groups excluding carboxylic acids is 2. The first-order valence-electron chi connectivity index (χ1n) is 5.29. The van der Waals surface area contributed by atoms with Crippen LogP contribution in [-0.4, -0.2) is 55.8 Å². The molecular weight excluding hydrogens is 244 g/mol. The molecule has 1 fully saturated rings.